The average Bonchev–Trinajstić information content (AvgIpc) is 3.19. The van der Waals surface area contributed by atoms with E-state index >= 15 is 0 Å². The summed E-state index contributed by atoms with van der Waals surface area (Å²) in [5.41, 5.74) is -1.76. The van der Waals surface area contributed by atoms with Crippen molar-refractivity contribution in [2.24, 2.45) is 0 Å². The number of aliphatic hydroxyl groups excluding tert-OH is 5. The third-order valence-electron chi connectivity index (χ3n) is 11.1. The largest absolute Gasteiger partial charge is 0.444 e. The van der Waals surface area contributed by atoms with Gasteiger partial charge in [-0.1, -0.05) is 43.7 Å². The van der Waals surface area contributed by atoms with Crippen molar-refractivity contribution in [3.05, 3.63) is 35.9 Å². The Balaban J connectivity index is 1.75. The molecule has 21 heteroatoms. The number of alkyl carbamates (subject to hydrolysis) is 3. The van der Waals surface area contributed by atoms with Crippen molar-refractivity contribution in [1.29, 1.82) is 0 Å². The molecule has 1 aliphatic carbocycles. The Morgan fingerprint density at radius 2 is 1.27 bits per heavy atom. The summed E-state index contributed by atoms with van der Waals surface area (Å²) in [5, 5.41) is 68.0. The molecule has 14 atom stereocenters. The lowest BCUT2D eigenvalue weighted by Gasteiger charge is -2.50. The summed E-state index contributed by atoms with van der Waals surface area (Å²) in [6.45, 7) is 16.5. The summed E-state index contributed by atoms with van der Waals surface area (Å²) >= 11 is 0. The van der Waals surface area contributed by atoms with Crippen molar-refractivity contribution < 1.29 is 77.9 Å². The number of hydrogen-bond donors (Lipinski definition) is 9. The van der Waals surface area contributed by atoms with Gasteiger partial charge < -0.3 is 80.0 Å². The fourth-order valence-electron chi connectivity index (χ4n) is 8.21. The molecule has 2 aliphatic heterocycles. The Kier molecular flexibility index (Phi) is 20.0. The molecule has 0 bridgehead atoms. The number of ether oxygens (including phenoxy) is 7. The lowest BCUT2D eigenvalue weighted by Crippen LogP contribution is -2.70. The van der Waals surface area contributed by atoms with E-state index in [4.69, 9.17) is 33.2 Å². The van der Waals surface area contributed by atoms with E-state index < -0.39 is 133 Å². The quantitative estimate of drug-likeness (QED) is 0.107. The van der Waals surface area contributed by atoms with Gasteiger partial charge in [0, 0.05) is 13.1 Å². The lowest BCUT2D eigenvalue weighted by molar-refractivity contribution is -0.323. The van der Waals surface area contributed by atoms with Crippen LogP contribution in [0.25, 0.3) is 0 Å². The van der Waals surface area contributed by atoms with Crippen LogP contribution >= 0.6 is 0 Å². The molecule has 2 heterocycles. The zero-order valence-electron chi connectivity index (χ0n) is 40.8. The third-order valence-corrected chi connectivity index (χ3v) is 11.1. The number of nitrogens with zero attached hydrogens (tertiary/aromatic N) is 1. The Morgan fingerprint density at radius 1 is 0.731 bits per heavy atom. The molecule has 67 heavy (non-hydrogen) atoms. The summed E-state index contributed by atoms with van der Waals surface area (Å²) < 4.78 is 42.0. The molecular weight excluding hydrogens is 879 g/mol. The van der Waals surface area contributed by atoms with Gasteiger partial charge in [0.05, 0.1) is 36.9 Å². The molecule has 0 aromatic heterocycles. The first-order valence-corrected chi connectivity index (χ1v) is 23.1. The summed E-state index contributed by atoms with van der Waals surface area (Å²) in [5.74, 6) is -0.810. The van der Waals surface area contributed by atoms with E-state index in [1.807, 2.05) is 30.3 Å². The molecule has 0 radical (unpaired) electrons. The third kappa shape index (κ3) is 17.2. The van der Waals surface area contributed by atoms with Crippen molar-refractivity contribution in [1.82, 2.24) is 26.2 Å². The second-order valence-electron chi connectivity index (χ2n) is 20.5. The fourth-order valence-corrected chi connectivity index (χ4v) is 8.21. The number of nitrogens with one attached hydrogen (secondary N) is 4. The van der Waals surface area contributed by atoms with E-state index in [1.165, 1.54) is 0 Å². The van der Waals surface area contributed by atoms with Gasteiger partial charge in [-0.15, -0.1) is 0 Å². The van der Waals surface area contributed by atoms with Crippen LogP contribution in [0.1, 0.15) is 107 Å². The van der Waals surface area contributed by atoms with Crippen LogP contribution < -0.4 is 21.3 Å². The van der Waals surface area contributed by atoms with E-state index in [0.717, 1.165) is 5.56 Å². The highest BCUT2D eigenvalue weighted by Gasteiger charge is 2.54. The highest BCUT2D eigenvalue weighted by molar-refractivity contribution is 5.80. The number of amides is 4. The molecule has 3 fully saturated rings. The van der Waals surface area contributed by atoms with Gasteiger partial charge in [0.2, 0.25) is 5.91 Å². The Morgan fingerprint density at radius 3 is 1.82 bits per heavy atom. The predicted octanol–water partition coefficient (Wildman–Crippen LogP) is 1.92. The smallest absolute Gasteiger partial charge is 0.408 e. The second kappa shape index (κ2) is 24.1. The normalized spacial score (nSPS) is 31.0. The van der Waals surface area contributed by atoms with Crippen molar-refractivity contribution in [2.45, 2.75) is 210 Å². The van der Waals surface area contributed by atoms with Crippen LogP contribution in [0.5, 0.6) is 0 Å². The van der Waals surface area contributed by atoms with Crippen LogP contribution in [0.3, 0.4) is 0 Å². The summed E-state index contributed by atoms with van der Waals surface area (Å²) in [6, 6.07) is 4.87. The number of aliphatic hydroxyl groups is 5. The van der Waals surface area contributed by atoms with Gasteiger partial charge in [-0.2, -0.15) is 0 Å². The zero-order valence-corrected chi connectivity index (χ0v) is 40.8. The van der Waals surface area contributed by atoms with Crippen LogP contribution in [0, 0.1) is 0 Å². The zero-order chi connectivity index (χ0) is 50.0. The summed E-state index contributed by atoms with van der Waals surface area (Å²) in [7, 11) is 1.67. The van der Waals surface area contributed by atoms with Gasteiger partial charge in [-0.25, -0.2) is 14.4 Å². The molecule has 1 saturated carbocycles. The van der Waals surface area contributed by atoms with Crippen LogP contribution in [0.4, 0.5) is 14.4 Å². The minimum atomic E-state index is -1.83. The van der Waals surface area contributed by atoms with Gasteiger partial charge in [0.25, 0.3) is 0 Å². The fraction of sp³-hybridized carbons (Fsp3) is 0.783. The highest BCUT2D eigenvalue weighted by Crippen LogP contribution is 2.34. The molecule has 3 aliphatic rings. The van der Waals surface area contributed by atoms with Crippen LogP contribution in [0.15, 0.2) is 30.3 Å². The average molecular weight is 956 g/mol. The number of carbonyl (C=O) groups is 4. The van der Waals surface area contributed by atoms with E-state index in [1.54, 1.807) is 81.2 Å². The monoisotopic (exact) mass is 956 g/mol. The van der Waals surface area contributed by atoms with Crippen LogP contribution in [-0.2, 0) is 44.5 Å². The van der Waals surface area contributed by atoms with Gasteiger partial charge in [0.1, 0.15) is 59.5 Å². The Hall–Kier alpha value is -3.90. The molecule has 4 amide bonds. The van der Waals surface area contributed by atoms with Crippen LogP contribution in [0.2, 0.25) is 0 Å². The van der Waals surface area contributed by atoms with Gasteiger partial charge >= 0.3 is 18.3 Å². The molecule has 4 rings (SSSR count). The SMILES string of the molecule is CCC[C@H](O)C(=O)N[C@@H]1C[C@H](NC(=O)OC(C)(C)C)C(O[C@@H]2OC(CNC(=O)OC(C)(C)C)CCC2NC(=O)OC(C)(C)C)C(O)[C@@H]1O[C@@H]1OC(CO)[C@H](O)[C@H](N(C)Cc2ccccc2)C1O. The summed E-state index contributed by atoms with van der Waals surface area (Å²) in [6.07, 6.45) is -15.9. The van der Waals surface area contributed by atoms with E-state index in [0.29, 0.717) is 12.8 Å². The molecule has 6 unspecified atom stereocenters. The van der Waals surface area contributed by atoms with Crippen LogP contribution in [-0.4, -0.2) is 177 Å². The Bertz CT molecular complexity index is 1740. The molecule has 2 saturated heterocycles. The van der Waals surface area contributed by atoms with Gasteiger partial charge in [-0.3, -0.25) is 9.69 Å². The molecule has 1 aromatic carbocycles. The Labute approximate surface area is 393 Å². The summed E-state index contributed by atoms with van der Waals surface area (Å²) in [4.78, 5) is 54.6. The molecule has 9 N–H and O–H groups in total. The maximum absolute atomic E-state index is 13.5. The van der Waals surface area contributed by atoms with Gasteiger partial charge in [0.15, 0.2) is 12.6 Å². The van der Waals surface area contributed by atoms with Gasteiger partial charge in [-0.05, 0) is 101 Å². The number of benzene rings is 1. The van der Waals surface area contributed by atoms with Crippen molar-refractivity contribution in [3.63, 3.8) is 0 Å². The first kappa shape index (κ1) is 55.7. The minimum Gasteiger partial charge on any atom is -0.444 e. The maximum Gasteiger partial charge on any atom is 0.408 e. The lowest BCUT2D eigenvalue weighted by atomic mass is 9.83. The standard InChI is InChI=1S/C46H77N5O16/c1-12-16-30(53)38(57)48-28-21-29(50-43(60)67-46(8,9)10)37(63-39-27(49-42(59)66-45(5,6)7)20-19-26(61-39)22-47-41(58)65-44(2,3)4)35(56)36(28)64-40-34(55)32(33(54)31(24-52)62-40)51(11)23-25-17-14-13-15-18-25/h13-15,17-18,26-37,39-40,52-56H,12,16,19-24H2,1-11H3,(H,47,58)(H,48,57)(H,49,59)(H,50,60)/t26?,27?,28-,29+,30+,31?,32+,33+,34?,35?,36-,37?,39+,40+/m1/s1. The molecule has 21 nitrogen and oxygen atoms in total. The minimum absolute atomic E-state index is 0.0324. The highest BCUT2D eigenvalue weighted by atomic mass is 16.7. The van der Waals surface area contributed by atoms with E-state index in [-0.39, 0.29) is 32.4 Å². The topological polar surface area (TPSA) is 285 Å². The molecule has 1 aromatic rings. The predicted molar refractivity (Wildman–Crippen MR) is 241 cm³/mol. The maximum atomic E-state index is 13.5. The molecule has 0 spiro atoms. The second-order valence-corrected chi connectivity index (χ2v) is 20.5. The number of hydrogen-bond acceptors (Lipinski definition) is 17. The first-order chi connectivity index (χ1) is 31.2. The van der Waals surface area contributed by atoms with Crippen molar-refractivity contribution >= 4 is 24.2 Å². The number of likely N-dealkylation sites (N-methyl/N-ethyl adjacent to an activating group) is 1. The first-order valence-electron chi connectivity index (χ1n) is 23.1. The van der Waals surface area contributed by atoms with E-state index in [9.17, 15) is 44.7 Å². The van der Waals surface area contributed by atoms with Crippen molar-refractivity contribution in [3.8, 4) is 0 Å². The van der Waals surface area contributed by atoms with E-state index in [2.05, 4.69) is 21.3 Å². The number of carbonyl (C=O) groups excluding carboxylic acids is 4. The molecular formula is C46H77N5O16. The molecule has 382 valence electrons. The van der Waals surface area contributed by atoms with Crippen molar-refractivity contribution in [2.75, 3.05) is 20.2 Å². The number of rotatable bonds is 16.